The average Bonchev–Trinajstić information content (AvgIpc) is 2.73. The molecule has 1 aliphatic heterocycles. The molecule has 0 spiro atoms. The number of thiocarbonyl (C=S) groups is 1. The van der Waals surface area contributed by atoms with E-state index < -0.39 is 5.82 Å². The Morgan fingerprint density at radius 2 is 1.95 bits per heavy atom. The van der Waals surface area contributed by atoms with Gasteiger partial charge in [-0.05, 0) is 25.0 Å². The minimum Gasteiger partial charge on any atom is -0.484 e. The molecule has 6 heteroatoms. The van der Waals surface area contributed by atoms with Gasteiger partial charge >= 0.3 is 0 Å². The first-order valence-electron chi connectivity index (χ1n) is 7.08. The predicted octanol–water partition coefficient (Wildman–Crippen LogP) is 2.24. The molecule has 0 unspecified atom stereocenters. The summed E-state index contributed by atoms with van der Waals surface area (Å²) in [6.07, 6.45) is 4.39. The molecule has 1 aromatic rings. The molecule has 4 nitrogen and oxygen atoms in total. The van der Waals surface area contributed by atoms with E-state index in [2.05, 4.69) is 0 Å². The summed E-state index contributed by atoms with van der Waals surface area (Å²) in [6.45, 7) is 1.47. The fraction of sp³-hybridized carbons (Fsp3) is 0.467. The van der Waals surface area contributed by atoms with Crippen molar-refractivity contribution in [3.63, 3.8) is 0 Å². The monoisotopic (exact) mass is 310 g/mol. The molecule has 0 radical (unpaired) electrons. The lowest BCUT2D eigenvalue weighted by Crippen LogP contribution is -2.35. The number of likely N-dealkylation sites (tertiary alicyclic amines) is 1. The number of hydrogen-bond donors (Lipinski definition) is 1. The van der Waals surface area contributed by atoms with E-state index in [1.54, 1.807) is 6.07 Å². The largest absolute Gasteiger partial charge is 0.484 e. The highest BCUT2D eigenvalue weighted by Gasteiger charge is 2.16. The van der Waals surface area contributed by atoms with Crippen LogP contribution in [0.15, 0.2) is 18.2 Å². The maximum absolute atomic E-state index is 13.7. The smallest absolute Gasteiger partial charge is 0.260 e. The fourth-order valence-electron chi connectivity index (χ4n) is 2.34. The van der Waals surface area contributed by atoms with Crippen LogP contribution in [0.4, 0.5) is 4.39 Å². The zero-order chi connectivity index (χ0) is 15.2. The molecule has 2 rings (SSSR count). The van der Waals surface area contributed by atoms with Crippen molar-refractivity contribution in [2.45, 2.75) is 25.7 Å². The van der Waals surface area contributed by atoms with Crippen LogP contribution < -0.4 is 10.5 Å². The highest BCUT2D eigenvalue weighted by atomic mass is 32.1. The van der Waals surface area contributed by atoms with E-state index in [0.29, 0.717) is 5.75 Å². The number of ether oxygens (including phenoxy) is 1. The first-order chi connectivity index (χ1) is 10.1. The van der Waals surface area contributed by atoms with Gasteiger partial charge in [-0.25, -0.2) is 4.39 Å². The second-order valence-electron chi connectivity index (χ2n) is 5.09. The summed E-state index contributed by atoms with van der Waals surface area (Å²) in [5, 5.41) is 0. The van der Waals surface area contributed by atoms with E-state index in [1.807, 2.05) is 4.90 Å². The first-order valence-corrected chi connectivity index (χ1v) is 7.48. The van der Waals surface area contributed by atoms with Gasteiger partial charge < -0.3 is 15.4 Å². The summed E-state index contributed by atoms with van der Waals surface area (Å²) in [5.74, 6) is -0.298. The lowest BCUT2D eigenvalue weighted by atomic mass is 10.2. The number of rotatable bonds is 4. The van der Waals surface area contributed by atoms with Crippen LogP contribution in [0.1, 0.15) is 31.2 Å². The van der Waals surface area contributed by atoms with Crippen molar-refractivity contribution in [3.8, 4) is 5.75 Å². The van der Waals surface area contributed by atoms with Crippen molar-refractivity contribution in [1.29, 1.82) is 0 Å². The Bertz CT molecular complexity index is 528. The summed E-state index contributed by atoms with van der Waals surface area (Å²) >= 11 is 4.73. The van der Waals surface area contributed by atoms with Crippen molar-refractivity contribution >= 4 is 23.1 Å². The molecule has 0 bridgehead atoms. The van der Waals surface area contributed by atoms with Crippen molar-refractivity contribution in [3.05, 3.63) is 29.6 Å². The molecule has 21 heavy (non-hydrogen) atoms. The van der Waals surface area contributed by atoms with Crippen LogP contribution in [-0.2, 0) is 4.79 Å². The standard InChI is InChI=1S/C15H19FN2O2S/c16-13-9-11(5-6-12(13)15(17)21)20-10-14(19)18-7-3-1-2-4-8-18/h5-6,9H,1-4,7-8,10H2,(H2,17,21). The Morgan fingerprint density at radius 1 is 1.29 bits per heavy atom. The zero-order valence-corrected chi connectivity index (χ0v) is 12.6. The number of carbonyl (C=O) groups is 1. The lowest BCUT2D eigenvalue weighted by molar-refractivity contribution is -0.133. The number of nitrogens with two attached hydrogens (primary N) is 1. The number of nitrogens with zero attached hydrogens (tertiary/aromatic N) is 1. The summed E-state index contributed by atoms with van der Waals surface area (Å²) in [5.41, 5.74) is 5.57. The lowest BCUT2D eigenvalue weighted by Gasteiger charge is -2.20. The van der Waals surface area contributed by atoms with E-state index in [1.165, 1.54) is 12.1 Å². The van der Waals surface area contributed by atoms with Gasteiger partial charge in [0.25, 0.3) is 5.91 Å². The highest BCUT2D eigenvalue weighted by Crippen LogP contribution is 2.17. The minimum absolute atomic E-state index is 0.000284. The Labute approximate surface area is 129 Å². The number of hydrogen-bond acceptors (Lipinski definition) is 3. The van der Waals surface area contributed by atoms with Crippen molar-refractivity contribution in [2.75, 3.05) is 19.7 Å². The van der Waals surface area contributed by atoms with Gasteiger partial charge in [0.15, 0.2) is 6.61 Å². The Balaban J connectivity index is 1.91. The second-order valence-corrected chi connectivity index (χ2v) is 5.53. The first kappa shape index (κ1) is 15.7. The zero-order valence-electron chi connectivity index (χ0n) is 11.8. The second kappa shape index (κ2) is 7.36. The molecule has 0 aliphatic carbocycles. The number of halogens is 1. The van der Waals surface area contributed by atoms with E-state index in [9.17, 15) is 9.18 Å². The molecule has 0 saturated carbocycles. The van der Waals surface area contributed by atoms with Gasteiger partial charge in [-0.2, -0.15) is 0 Å². The predicted molar refractivity (Wildman–Crippen MR) is 82.8 cm³/mol. The summed E-state index contributed by atoms with van der Waals surface area (Å²) in [4.78, 5) is 13.9. The molecular weight excluding hydrogens is 291 g/mol. The quantitative estimate of drug-likeness (QED) is 0.867. The third kappa shape index (κ3) is 4.39. The van der Waals surface area contributed by atoms with Crippen LogP contribution in [-0.4, -0.2) is 35.5 Å². The van der Waals surface area contributed by atoms with Crippen molar-refractivity contribution in [1.82, 2.24) is 4.90 Å². The van der Waals surface area contributed by atoms with Crippen molar-refractivity contribution in [2.24, 2.45) is 5.73 Å². The fourth-order valence-corrected chi connectivity index (χ4v) is 2.51. The van der Waals surface area contributed by atoms with Crippen LogP contribution in [0.25, 0.3) is 0 Å². The van der Waals surface area contributed by atoms with Crippen molar-refractivity contribution < 1.29 is 13.9 Å². The van der Waals surface area contributed by atoms with Crippen LogP contribution in [0.5, 0.6) is 5.75 Å². The number of carbonyl (C=O) groups excluding carboxylic acids is 1. The molecule has 1 aliphatic rings. The minimum atomic E-state index is -0.540. The normalized spacial score (nSPS) is 15.4. The van der Waals surface area contributed by atoms with Gasteiger partial charge in [0, 0.05) is 24.7 Å². The molecule has 1 amide bonds. The molecule has 2 N–H and O–H groups in total. The topological polar surface area (TPSA) is 55.6 Å². The molecular formula is C15H19FN2O2S. The third-order valence-corrected chi connectivity index (χ3v) is 3.75. The third-order valence-electron chi connectivity index (χ3n) is 3.53. The van der Waals surface area contributed by atoms with Gasteiger partial charge in [0.05, 0.1) is 0 Å². The van der Waals surface area contributed by atoms with E-state index >= 15 is 0 Å². The van der Waals surface area contributed by atoms with E-state index in [0.717, 1.165) is 38.8 Å². The number of amides is 1. The van der Waals surface area contributed by atoms with Crippen LogP contribution in [0.2, 0.25) is 0 Å². The molecule has 1 aromatic carbocycles. The molecule has 1 fully saturated rings. The summed E-state index contributed by atoms with van der Waals surface area (Å²) < 4.78 is 19.1. The van der Waals surface area contributed by atoms with Gasteiger partial charge in [-0.15, -0.1) is 0 Å². The average molecular weight is 310 g/mol. The summed E-state index contributed by atoms with van der Waals surface area (Å²) in [6, 6.07) is 4.22. The molecule has 1 heterocycles. The Morgan fingerprint density at radius 3 is 2.52 bits per heavy atom. The van der Waals surface area contributed by atoms with E-state index in [-0.39, 0.29) is 23.1 Å². The molecule has 114 valence electrons. The SMILES string of the molecule is NC(=S)c1ccc(OCC(=O)N2CCCCCC2)cc1F. The number of benzene rings is 1. The Kier molecular flexibility index (Phi) is 5.50. The molecule has 0 aromatic heterocycles. The van der Waals surface area contributed by atoms with E-state index in [4.69, 9.17) is 22.7 Å². The maximum atomic E-state index is 13.7. The van der Waals surface area contributed by atoms with Gasteiger partial charge in [0.2, 0.25) is 0 Å². The summed E-state index contributed by atoms with van der Waals surface area (Å²) in [7, 11) is 0. The maximum Gasteiger partial charge on any atom is 0.260 e. The van der Waals surface area contributed by atoms with Crippen LogP contribution in [0, 0.1) is 5.82 Å². The highest BCUT2D eigenvalue weighted by molar-refractivity contribution is 7.80. The van der Waals surface area contributed by atoms with Crippen LogP contribution >= 0.6 is 12.2 Å². The van der Waals surface area contributed by atoms with Gasteiger partial charge in [0.1, 0.15) is 16.6 Å². The van der Waals surface area contributed by atoms with Gasteiger partial charge in [-0.1, -0.05) is 25.1 Å². The van der Waals surface area contributed by atoms with Crippen LogP contribution in [0.3, 0.4) is 0 Å². The van der Waals surface area contributed by atoms with Gasteiger partial charge in [-0.3, -0.25) is 4.79 Å². The molecule has 0 atom stereocenters. The molecule has 1 saturated heterocycles. The Hall–Kier alpha value is -1.69.